The van der Waals surface area contributed by atoms with Gasteiger partial charge >= 0.3 is 23.2 Å². The Hall–Kier alpha value is -4.18. The van der Waals surface area contributed by atoms with E-state index in [1.165, 1.54) is 0 Å². The summed E-state index contributed by atoms with van der Waals surface area (Å²) in [6, 6.07) is 53.2. The molecule has 0 amide bonds. The van der Waals surface area contributed by atoms with Crippen LogP contribution in [-0.2, 0) is 31.6 Å². The SMILES string of the molecule is CCC(c1ccc(C(C)(C)c2ccccc2)cc1C(C)(C)c1ccccc1)C(O)(c1ccc(C(C)(C)c2ccccc2)cc1C(C)(C)c1ccccc1)C(O)(O)O.OP(O)OP(O)O. The zero-order valence-electron chi connectivity index (χ0n) is 38.2. The molecule has 11 heteroatoms. The van der Waals surface area contributed by atoms with Gasteiger partial charge in [-0.25, -0.2) is 4.31 Å². The molecule has 0 radical (unpaired) electrons. The van der Waals surface area contributed by atoms with Gasteiger partial charge in [0.2, 0.25) is 0 Å². The van der Waals surface area contributed by atoms with E-state index < -0.39 is 50.9 Å². The van der Waals surface area contributed by atoms with E-state index in [2.05, 4.69) is 126 Å². The second-order valence-electron chi connectivity index (χ2n) is 18.5. The number of hydrogen-bond acceptors (Lipinski definition) is 9. The molecule has 0 fully saturated rings. The van der Waals surface area contributed by atoms with Crippen LogP contribution in [0, 0.1) is 0 Å². The molecule has 8 N–H and O–H groups in total. The molecule has 0 saturated carbocycles. The smallest absolute Gasteiger partial charge is 0.334 e. The van der Waals surface area contributed by atoms with Gasteiger partial charge in [-0.3, -0.25) is 0 Å². The molecule has 6 aromatic carbocycles. The fraction of sp³-hybridized carbons (Fsp3) is 0.321. The number of benzene rings is 6. The predicted molar refractivity (Wildman–Crippen MR) is 257 cm³/mol. The van der Waals surface area contributed by atoms with Crippen molar-refractivity contribution in [2.45, 2.75) is 108 Å². The summed E-state index contributed by atoms with van der Waals surface area (Å²) < 4.78 is 3.60. The van der Waals surface area contributed by atoms with Crippen molar-refractivity contribution in [1.82, 2.24) is 0 Å². The van der Waals surface area contributed by atoms with Gasteiger partial charge in [-0.15, -0.1) is 0 Å². The van der Waals surface area contributed by atoms with Gasteiger partial charge in [0.15, 0.2) is 5.60 Å². The fourth-order valence-electron chi connectivity index (χ4n) is 9.04. The highest BCUT2D eigenvalue weighted by molar-refractivity contribution is 7.53. The molecule has 2 unspecified atom stereocenters. The maximum Gasteiger partial charge on any atom is 0.334 e. The van der Waals surface area contributed by atoms with Crippen molar-refractivity contribution in [3.63, 3.8) is 0 Å². The van der Waals surface area contributed by atoms with Gasteiger partial charge in [-0.1, -0.05) is 220 Å². The summed E-state index contributed by atoms with van der Waals surface area (Å²) in [7, 11) is -5.22. The second-order valence-corrected chi connectivity index (χ2v) is 20.1. The average Bonchev–Trinajstić information content (AvgIpc) is 3.27. The molecule has 6 rings (SSSR count). The molecule has 6 aromatic rings. The van der Waals surface area contributed by atoms with Crippen molar-refractivity contribution in [2.24, 2.45) is 0 Å². The molecule has 0 saturated heterocycles. The number of hydrogen-bond donors (Lipinski definition) is 8. The molecule has 0 aliphatic heterocycles. The summed E-state index contributed by atoms with van der Waals surface area (Å²) in [6.07, 6.45) is 0.279. The topological polar surface area (TPSA) is 171 Å². The van der Waals surface area contributed by atoms with Gasteiger partial charge < -0.3 is 40.0 Å². The Morgan fingerprint density at radius 1 is 0.406 bits per heavy atom. The van der Waals surface area contributed by atoms with Gasteiger partial charge in [0.1, 0.15) is 0 Å². The number of aliphatic hydroxyl groups is 4. The second kappa shape index (κ2) is 20.1. The van der Waals surface area contributed by atoms with Crippen LogP contribution in [0.4, 0.5) is 0 Å². The van der Waals surface area contributed by atoms with E-state index in [-0.39, 0.29) is 17.4 Å². The Bertz CT molecular complexity index is 2410. The lowest BCUT2D eigenvalue weighted by atomic mass is 9.63. The first-order valence-electron chi connectivity index (χ1n) is 21.4. The van der Waals surface area contributed by atoms with Gasteiger partial charge in [0.25, 0.3) is 0 Å². The first-order valence-corrected chi connectivity index (χ1v) is 23.7. The van der Waals surface area contributed by atoms with Crippen LogP contribution in [0.1, 0.15) is 130 Å². The van der Waals surface area contributed by atoms with Crippen LogP contribution in [0.2, 0.25) is 0 Å². The van der Waals surface area contributed by atoms with Crippen LogP contribution in [-0.4, -0.2) is 46.0 Å². The van der Waals surface area contributed by atoms with E-state index in [0.717, 1.165) is 44.5 Å². The summed E-state index contributed by atoms with van der Waals surface area (Å²) in [5, 5.41) is 48.6. The summed E-state index contributed by atoms with van der Waals surface area (Å²) in [6.45, 7) is 19.2. The standard InChI is InChI=1S/C53H60O4.H4O5P2/c1-10-44(43-33-31-41(48(2,3)37-23-15-11-16-24-37)35-46(43)50(6,7)39-27-19-13-20-28-39)52(54,53(55,56)57)45-34-32-42(49(4,5)38-25-17-12-18-26-38)36-47(45)51(8,9)40-29-21-14-22-30-40;1-6(2)5-7(3)4/h11-36,44,54-57H,10H2,1-9H3;1-4H. The third-order valence-corrected chi connectivity index (χ3v) is 14.4. The molecule has 9 nitrogen and oxygen atoms in total. The minimum absolute atomic E-state index is 0.250. The fourth-order valence-corrected chi connectivity index (χ4v) is 9.57. The Kier molecular flexibility index (Phi) is 16.0. The maximum atomic E-state index is 13.5. The summed E-state index contributed by atoms with van der Waals surface area (Å²) >= 11 is 0. The lowest BCUT2D eigenvalue weighted by molar-refractivity contribution is -0.402. The zero-order chi connectivity index (χ0) is 47.3. The van der Waals surface area contributed by atoms with Crippen LogP contribution >= 0.6 is 17.2 Å². The van der Waals surface area contributed by atoms with E-state index in [1.807, 2.05) is 91.9 Å². The Labute approximate surface area is 381 Å². The van der Waals surface area contributed by atoms with Crippen molar-refractivity contribution >= 4 is 17.2 Å². The summed E-state index contributed by atoms with van der Waals surface area (Å²) in [4.78, 5) is 31.3. The Balaban J connectivity index is 0.00000102. The first-order chi connectivity index (χ1) is 29.9. The van der Waals surface area contributed by atoms with Crippen molar-refractivity contribution in [3.8, 4) is 0 Å². The van der Waals surface area contributed by atoms with Crippen LogP contribution in [0.5, 0.6) is 0 Å². The monoisotopic (exact) mass is 906 g/mol. The molecule has 0 heterocycles. The Morgan fingerprint density at radius 3 is 1.06 bits per heavy atom. The highest BCUT2D eigenvalue weighted by Crippen LogP contribution is 2.53. The quantitative estimate of drug-likeness (QED) is 0.0369. The van der Waals surface area contributed by atoms with Crippen LogP contribution < -0.4 is 0 Å². The highest BCUT2D eigenvalue weighted by atomic mass is 31.2. The van der Waals surface area contributed by atoms with Gasteiger partial charge in [-0.2, -0.15) is 0 Å². The molecule has 0 aliphatic rings. The summed E-state index contributed by atoms with van der Waals surface area (Å²) in [5.41, 5.74) is 4.26. The molecule has 0 bridgehead atoms. The van der Waals surface area contributed by atoms with Gasteiger partial charge in [0, 0.05) is 27.6 Å². The van der Waals surface area contributed by atoms with E-state index >= 15 is 0 Å². The minimum Gasteiger partial charge on any atom is -0.376 e. The third-order valence-electron chi connectivity index (χ3n) is 13.2. The molecule has 340 valence electrons. The molecular weight excluding hydrogens is 843 g/mol. The predicted octanol–water partition coefficient (Wildman–Crippen LogP) is 10.4. The van der Waals surface area contributed by atoms with Crippen molar-refractivity contribution in [3.05, 3.63) is 213 Å². The largest absolute Gasteiger partial charge is 0.376 e. The lowest BCUT2D eigenvalue weighted by Crippen LogP contribution is -2.56. The van der Waals surface area contributed by atoms with E-state index in [0.29, 0.717) is 5.56 Å². The Morgan fingerprint density at radius 2 is 0.734 bits per heavy atom. The van der Waals surface area contributed by atoms with Gasteiger partial charge in [-0.05, 0) is 62.1 Å². The van der Waals surface area contributed by atoms with Crippen LogP contribution in [0.15, 0.2) is 158 Å². The lowest BCUT2D eigenvalue weighted by Gasteiger charge is -2.46. The van der Waals surface area contributed by atoms with E-state index in [1.54, 1.807) is 6.07 Å². The average molecular weight is 907 g/mol. The molecule has 2 atom stereocenters. The third kappa shape index (κ3) is 10.6. The zero-order valence-corrected chi connectivity index (χ0v) is 40.0. The highest BCUT2D eigenvalue weighted by Gasteiger charge is 2.57. The normalized spacial score (nSPS) is 14.2. The van der Waals surface area contributed by atoms with Crippen LogP contribution in [0.25, 0.3) is 0 Å². The first kappa shape index (κ1) is 50.8. The molecule has 0 aliphatic carbocycles. The molecule has 0 spiro atoms. The van der Waals surface area contributed by atoms with Crippen LogP contribution in [0.3, 0.4) is 0 Å². The summed E-state index contributed by atoms with van der Waals surface area (Å²) in [5.74, 6) is -4.51. The molecule has 0 aromatic heterocycles. The minimum atomic E-state index is -3.54. The van der Waals surface area contributed by atoms with Gasteiger partial charge in [0.05, 0.1) is 0 Å². The number of rotatable bonds is 15. The van der Waals surface area contributed by atoms with Crippen molar-refractivity contribution < 1.29 is 44.3 Å². The van der Waals surface area contributed by atoms with E-state index in [9.17, 15) is 20.4 Å². The maximum absolute atomic E-state index is 13.5. The molecular formula is C53H64O9P2. The van der Waals surface area contributed by atoms with E-state index in [4.69, 9.17) is 19.6 Å². The molecule has 64 heavy (non-hydrogen) atoms. The van der Waals surface area contributed by atoms with Crippen molar-refractivity contribution in [2.75, 3.05) is 0 Å². The van der Waals surface area contributed by atoms with Crippen molar-refractivity contribution in [1.29, 1.82) is 0 Å².